The van der Waals surface area contributed by atoms with Gasteiger partial charge in [-0.1, -0.05) is 6.07 Å². The zero-order valence-electron chi connectivity index (χ0n) is 14.2. The molecule has 0 aliphatic carbocycles. The Balaban J connectivity index is 1.49. The maximum absolute atomic E-state index is 5.55. The number of fused-ring (bicyclic) bond motifs is 1. The predicted molar refractivity (Wildman–Crippen MR) is 93.1 cm³/mol. The summed E-state index contributed by atoms with van der Waals surface area (Å²) in [5.74, 6) is 2.22. The van der Waals surface area contributed by atoms with Crippen LogP contribution in [0.5, 0.6) is 0 Å². The van der Waals surface area contributed by atoms with Gasteiger partial charge in [0.2, 0.25) is 5.89 Å². The first-order chi connectivity index (χ1) is 11.7. The van der Waals surface area contributed by atoms with Crippen molar-refractivity contribution in [1.29, 1.82) is 0 Å². The van der Waals surface area contributed by atoms with Gasteiger partial charge in [0.15, 0.2) is 5.96 Å². The largest absolute Gasteiger partial charge is 0.444 e. The molecular formula is C17H22N6O. The quantitative estimate of drug-likeness (QED) is 0.552. The third kappa shape index (κ3) is 3.73. The number of oxazole rings is 1. The first-order valence-corrected chi connectivity index (χ1v) is 7.96. The summed E-state index contributed by atoms with van der Waals surface area (Å²) in [6.07, 6.45) is 4.87. The smallest absolute Gasteiger partial charge is 0.214 e. The maximum Gasteiger partial charge on any atom is 0.214 e. The van der Waals surface area contributed by atoms with Gasteiger partial charge in [-0.25, -0.2) is 9.97 Å². The molecule has 3 heterocycles. The van der Waals surface area contributed by atoms with Crippen LogP contribution >= 0.6 is 0 Å². The zero-order chi connectivity index (χ0) is 16.9. The number of aromatic nitrogens is 3. The summed E-state index contributed by atoms with van der Waals surface area (Å²) in [6, 6.07) is 5.98. The molecule has 0 spiro atoms. The van der Waals surface area contributed by atoms with Crippen LogP contribution < -0.4 is 10.6 Å². The van der Waals surface area contributed by atoms with E-state index in [1.54, 1.807) is 7.05 Å². The van der Waals surface area contributed by atoms with Gasteiger partial charge < -0.3 is 19.5 Å². The van der Waals surface area contributed by atoms with Crippen molar-refractivity contribution in [3.8, 4) is 0 Å². The van der Waals surface area contributed by atoms with E-state index in [1.165, 1.54) is 0 Å². The summed E-state index contributed by atoms with van der Waals surface area (Å²) in [7, 11) is 1.74. The fourth-order valence-corrected chi connectivity index (χ4v) is 2.41. The van der Waals surface area contributed by atoms with Crippen molar-refractivity contribution in [1.82, 2.24) is 25.0 Å². The molecule has 0 aliphatic heterocycles. The van der Waals surface area contributed by atoms with E-state index in [2.05, 4.69) is 25.6 Å². The van der Waals surface area contributed by atoms with E-state index in [9.17, 15) is 0 Å². The number of imidazole rings is 1. The normalized spacial score (nSPS) is 11.9. The molecule has 0 fully saturated rings. The van der Waals surface area contributed by atoms with Crippen LogP contribution in [0.2, 0.25) is 0 Å². The average molecular weight is 326 g/mol. The molecule has 7 nitrogen and oxygen atoms in total. The standard InChI is InChI=1S/C17H22N6O/c1-12-13(2)24-16(21-12)10-20-17(18-3)19-8-7-14-11-23-9-5-4-6-15(23)22-14/h4-6,9,11H,7-8,10H2,1-3H3,(H2,18,19,20). The Morgan fingerprint density at radius 1 is 1.25 bits per heavy atom. The van der Waals surface area contributed by atoms with Gasteiger partial charge in [-0.15, -0.1) is 0 Å². The van der Waals surface area contributed by atoms with Crippen molar-refractivity contribution in [2.24, 2.45) is 4.99 Å². The first-order valence-electron chi connectivity index (χ1n) is 7.96. The Bertz CT molecular complexity index is 795. The van der Waals surface area contributed by atoms with Crippen LogP contribution in [0.25, 0.3) is 5.65 Å². The molecule has 7 heteroatoms. The Morgan fingerprint density at radius 3 is 2.83 bits per heavy atom. The topological polar surface area (TPSA) is 79.8 Å². The van der Waals surface area contributed by atoms with Gasteiger partial charge in [-0.2, -0.15) is 0 Å². The summed E-state index contributed by atoms with van der Waals surface area (Å²) in [4.78, 5) is 13.1. The van der Waals surface area contributed by atoms with Crippen LogP contribution in [0.1, 0.15) is 23.0 Å². The molecule has 0 saturated heterocycles. The van der Waals surface area contributed by atoms with E-state index in [0.29, 0.717) is 18.4 Å². The third-order valence-electron chi connectivity index (χ3n) is 3.79. The van der Waals surface area contributed by atoms with Gasteiger partial charge in [0.1, 0.15) is 11.4 Å². The van der Waals surface area contributed by atoms with Crippen LogP contribution in [0, 0.1) is 13.8 Å². The molecule has 0 atom stereocenters. The number of nitrogens with zero attached hydrogens (tertiary/aromatic N) is 4. The molecule has 0 bridgehead atoms. The second kappa shape index (κ2) is 7.16. The molecule has 0 aromatic carbocycles. The number of hydrogen-bond acceptors (Lipinski definition) is 4. The zero-order valence-corrected chi connectivity index (χ0v) is 14.2. The summed E-state index contributed by atoms with van der Waals surface area (Å²) in [5.41, 5.74) is 2.93. The molecule has 3 aromatic heterocycles. The van der Waals surface area contributed by atoms with Gasteiger partial charge in [0.05, 0.1) is 17.9 Å². The fraction of sp³-hybridized carbons (Fsp3) is 0.353. The highest BCUT2D eigenvalue weighted by Crippen LogP contribution is 2.07. The van der Waals surface area contributed by atoms with E-state index in [1.807, 2.05) is 48.8 Å². The van der Waals surface area contributed by atoms with Crippen molar-refractivity contribution in [3.63, 3.8) is 0 Å². The molecule has 24 heavy (non-hydrogen) atoms. The number of aliphatic imine (C=N–C) groups is 1. The Labute approximate surface area is 140 Å². The van der Waals surface area contributed by atoms with Gasteiger partial charge in [-0.3, -0.25) is 4.99 Å². The highest BCUT2D eigenvalue weighted by molar-refractivity contribution is 5.79. The molecule has 0 aliphatic rings. The van der Waals surface area contributed by atoms with Crippen LogP contribution in [-0.4, -0.2) is 33.9 Å². The van der Waals surface area contributed by atoms with Crippen molar-refractivity contribution in [3.05, 3.63) is 53.6 Å². The minimum atomic E-state index is 0.503. The van der Waals surface area contributed by atoms with E-state index < -0.39 is 0 Å². The van der Waals surface area contributed by atoms with Crippen LogP contribution in [-0.2, 0) is 13.0 Å². The summed E-state index contributed by atoms with van der Waals surface area (Å²) < 4.78 is 7.57. The van der Waals surface area contributed by atoms with Gasteiger partial charge in [-0.05, 0) is 26.0 Å². The number of rotatable bonds is 5. The number of aryl methyl sites for hydroxylation is 2. The van der Waals surface area contributed by atoms with Crippen molar-refractivity contribution >= 4 is 11.6 Å². The van der Waals surface area contributed by atoms with E-state index in [-0.39, 0.29) is 0 Å². The minimum Gasteiger partial charge on any atom is -0.444 e. The number of hydrogen-bond donors (Lipinski definition) is 2. The minimum absolute atomic E-state index is 0.503. The third-order valence-corrected chi connectivity index (χ3v) is 3.79. The highest BCUT2D eigenvalue weighted by atomic mass is 16.4. The van der Waals surface area contributed by atoms with E-state index in [0.717, 1.165) is 35.8 Å². The number of nitrogens with one attached hydrogen (secondary N) is 2. The lowest BCUT2D eigenvalue weighted by molar-refractivity contribution is 0.463. The predicted octanol–water partition coefficient (Wildman–Crippen LogP) is 1.85. The Morgan fingerprint density at radius 2 is 2.12 bits per heavy atom. The molecule has 0 unspecified atom stereocenters. The lowest BCUT2D eigenvalue weighted by Crippen LogP contribution is -2.37. The first kappa shape index (κ1) is 16.0. The molecular weight excluding hydrogens is 304 g/mol. The molecule has 0 radical (unpaired) electrons. The summed E-state index contributed by atoms with van der Waals surface area (Å²) in [6.45, 7) is 5.09. The molecule has 3 aromatic rings. The summed E-state index contributed by atoms with van der Waals surface area (Å²) >= 11 is 0. The average Bonchev–Trinajstić information content (AvgIpc) is 3.13. The molecule has 0 saturated carbocycles. The van der Waals surface area contributed by atoms with E-state index in [4.69, 9.17) is 4.42 Å². The van der Waals surface area contributed by atoms with Crippen LogP contribution in [0.4, 0.5) is 0 Å². The van der Waals surface area contributed by atoms with Crippen molar-refractivity contribution in [2.75, 3.05) is 13.6 Å². The number of pyridine rings is 1. The van der Waals surface area contributed by atoms with Gasteiger partial charge in [0, 0.05) is 32.4 Å². The molecule has 2 N–H and O–H groups in total. The maximum atomic E-state index is 5.55. The fourth-order valence-electron chi connectivity index (χ4n) is 2.41. The SMILES string of the molecule is CN=C(NCCc1cn2ccccc2n1)NCc1nc(C)c(C)o1. The highest BCUT2D eigenvalue weighted by Gasteiger charge is 2.06. The Hall–Kier alpha value is -2.83. The van der Waals surface area contributed by atoms with Crippen molar-refractivity contribution < 1.29 is 4.42 Å². The second-order valence-corrected chi connectivity index (χ2v) is 5.55. The Kier molecular flexibility index (Phi) is 4.79. The molecule has 126 valence electrons. The lowest BCUT2D eigenvalue weighted by atomic mass is 10.3. The molecule has 0 amide bonds. The second-order valence-electron chi connectivity index (χ2n) is 5.55. The van der Waals surface area contributed by atoms with Crippen LogP contribution in [0.15, 0.2) is 40.0 Å². The van der Waals surface area contributed by atoms with Gasteiger partial charge in [0.25, 0.3) is 0 Å². The molecule has 3 rings (SSSR count). The van der Waals surface area contributed by atoms with Crippen LogP contribution in [0.3, 0.4) is 0 Å². The lowest BCUT2D eigenvalue weighted by Gasteiger charge is -2.09. The monoisotopic (exact) mass is 326 g/mol. The number of guanidine groups is 1. The van der Waals surface area contributed by atoms with Crippen molar-refractivity contribution in [2.45, 2.75) is 26.8 Å². The summed E-state index contributed by atoms with van der Waals surface area (Å²) in [5, 5.41) is 6.47. The van der Waals surface area contributed by atoms with Gasteiger partial charge >= 0.3 is 0 Å². The van der Waals surface area contributed by atoms with E-state index >= 15 is 0 Å².